The third kappa shape index (κ3) is 5.04. The van der Waals surface area contributed by atoms with E-state index >= 15 is 0 Å². The number of carbonyl (C=O) groups excluding carboxylic acids is 1. The van der Waals surface area contributed by atoms with Gasteiger partial charge in [0, 0.05) is 0 Å². The normalized spacial score (nSPS) is 14.9. The Kier molecular flexibility index (Phi) is 6.68. The van der Waals surface area contributed by atoms with Crippen molar-refractivity contribution in [1.82, 2.24) is 5.32 Å². The zero-order chi connectivity index (χ0) is 15.9. The van der Waals surface area contributed by atoms with Gasteiger partial charge >= 0.3 is 13.7 Å². The number of alkyl carbamates (subject to hydrolysis) is 1. The topological polar surface area (TPSA) is 94.1 Å². The fourth-order valence-corrected chi connectivity index (χ4v) is 3.02. The van der Waals surface area contributed by atoms with Gasteiger partial charge in [0.05, 0.1) is 20.3 Å². The van der Waals surface area contributed by atoms with E-state index in [1.165, 1.54) is 7.11 Å². The van der Waals surface area contributed by atoms with Crippen molar-refractivity contribution >= 4 is 13.7 Å². The lowest BCUT2D eigenvalue weighted by Crippen LogP contribution is -2.29. The van der Waals surface area contributed by atoms with Crippen LogP contribution < -0.4 is 10.1 Å². The van der Waals surface area contributed by atoms with E-state index in [1.807, 2.05) is 0 Å². The molecule has 1 aromatic carbocycles. The summed E-state index contributed by atoms with van der Waals surface area (Å²) in [4.78, 5) is 21.6. The van der Waals surface area contributed by atoms with E-state index in [9.17, 15) is 14.3 Å². The van der Waals surface area contributed by atoms with Gasteiger partial charge in [0.25, 0.3) is 0 Å². The standard InChI is InChI=1S/C13H20NO6P/c1-4-19-13(15)14-12(21(16,17)20-5-2)10-6-8-11(18-3)9-7-10/h6-9,12H,4-5H2,1-3H3,(H,14,15)(H,16,17). The smallest absolute Gasteiger partial charge is 0.408 e. The minimum Gasteiger partial charge on any atom is -0.497 e. The molecule has 2 atom stereocenters. The molecule has 8 heteroatoms. The summed E-state index contributed by atoms with van der Waals surface area (Å²) in [5.74, 6) is -0.611. The molecule has 1 amide bonds. The highest BCUT2D eigenvalue weighted by atomic mass is 31.2. The Morgan fingerprint density at radius 1 is 1.29 bits per heavy atom. The van der Waals surface area contributed by atoms with Crippen molar-refractivity contribution in [3.8, 4) is 5.75 Å². The van der Waals surface area contributed by atoms with E-state index in [0.717, 1.165) is 0 Å². The summed E-state index contributed by atoms with van der Waals surface area (Å²) in [5, 5.41) is 2.36. The predicted octanol–water partition coefficient (Wildman–Crippen LogP) is 2.66. The SMILES string of the molecule is CCOC(=O)NC(c1ccc(OC)cc1)P(=O)(O)OCC. The molecule has 0 saturated heterocycles. The third-order valence-electron chi connectivity index (χ3n) is 2.60. The Morgan fingerprint density at radius 3 is 2.38 bits per heavy atom. The van der Waals surface area contributed by atoms with Gasteiger partial charge in [-0.2, -0.15) is 0 Å². The average Bonchev–Trinajstić information content (AvgIpc) is 2.45. The van der Waals surface area contributed by atoms with E-state index in [-0.39, 0.29) is 13.2 Å². The van der Waals surface area contributed by atoms with E-state index < -0.39 is 19.5 Å². The van der Waals surface area contributed by atoms with Crippen LogP contribution in [0.5, 0.6) is 5.75 Å². The van der Waals surface area contributed by atoms with Crippen LogP contribution in [-0.4, -0.2) is 31.3 Å². The summed E-state index contributed by atoms with van der Waals surface area (Å²) in [7, 11) is -2.56. The summed E-state index contributed by atoms with van der Waals surface area (Å²) in [6, 6.07) is 6.41. The zero-order valence-corrected chi connectivity index (χ0v) is 13.1. The maximum absolute atomic E-state index is 12.2. The van der Waals surface area contributed by atoms with Gasteiger partial charge < -0.3 is 24.2 Å². The molecule has 118 valence electrons. The second-order valence-electron chi connectivity index (χ2n) is 4.02. The molecule has 0 radical (unpaired) electrons. The molecule has 0 spiro atoms. The van der Waals surface area contributed by atoms with Crippen LogP contribution in [-0.2, 0) is 13.8 Å². The maximum atomic E-state index is 12.2. The number of methoxy groups -OCH3 is 1. The van der Waals surface area contributed by atoms with Gasteiger partial charge in [-0.05, 0) is 31.5 Å². The van der Waals surface area contributed by atoms with Gasteiger partial charge in [-0.15, -0.1) is 0 Å². The first-order chi connectivity index (χ1) is 9.94. The number of rotatable bonds is 7. The summed E-state index contributed by atoms with van der Waals surface area (Å²) >= 11 is 0. The summed E-state index contributed by atoms with van der Waals surface area (Å²) in [5.41, 5.74) is 0.420. The molecule has 2 unspecified atom stereocenters. The molecule has 0 aliphatic carbocycles. The van der Waals surface area contributed by atoms with Crippen LogP contribution in [0.3, 0.4) is 0 Å². The summed E-state index contributed by atoms with van der Waals surface area (Å²) < 4.78 is 26.9. The first kappa shape index (κ1) is 17.5. The van der Waals surface area contributed by atoms with Crippen LogP contribution in [0.1, 0.15) is 25.2 Å². The van der Waals surface area contributed by atoms with Crippen molar-refractivity contribution in [2.24, 2.45) is 0 Å². The molecular formula is C13H20NO6P. The number of nitrogens with one attached hydrogen (secondary N) is 1. The fraction of sp³-hybridized carbons (Fsp3) is 0.462. The van der Waals surface area contributed by atoms with Crippen LogP contribution in [0.4, 0.5) is 4.79 Å². The zero-order valence-electron chi connectivity index (χ0n) is 12.2. The summed E-state index contributed by atoms with van der Waals surface area (Å²) in [6.45, 7) is 3.44. The predicted molar refractivity (Wildman–Crippen MR) is 77.3 cm³/mol. The number of amides is 1. The number of hydrogen-bond acceptors (Lipinski definition) is 5. The molecule has 0 heterocycles. The van der Waals surface area contributed by atoms with Crippen molar-refractivity contribution < 1.29 is 28.3 Å². The van der Waals surface area contributed by atoms with Gasteiger partial charge in [0.2, 0.25) is 0 Å². The van der Waals surface area contributed by atoms with Gasteiger partial charge in [0.1, 0.15) is 5.75 Å². The molecule has 1 aromatic rings. The highest BCUT2D eigenvalue weighted by molar-refractivity contribution is 7.53. The van der Waals surface area contributed by atoms with Crippen molar-refractivity contribution in [1.29, 1.82) is 0 Å². The molecule has 21 heavy (non-hydrogen) atoms. The van der Waals surface area contributed by atoms with Crippen LogP contribution in [0, 0.1) is 0 Å². The molecule has 0 fully saturated rings. The van der Waals surface area contributed by atoms with Crippen LogP contribution in [0.25, 0.3) is 0 Å². The summed E-state index contributed by atoms with van der Waals surface area (Å²) in [6.07, 6.45) is -0.785. The second-order valence-corrected chi connectivity index (χ2v) is 5.93. The molecule has 0 aromatic heterocycles. The number of benzene rings is 1. The average molecular weight is 317 g/mol. The molecule has 2 N–H and O–H groups in total. The maximum Gasteiger partial charge on any atom is 0.408 e. The molecule has 0 bridgehead atoms. The minimum atomic E-state index is -4.08. The minimum absolute atomic E-state index is 0.0466. The molecule has 1 rings (SSSR count). The van der Waals surface area contributed by atoms with E-state index in [2.05, 4.69) is 5.32 Å². The van der Waals surface area contributed by atoms with Crippen LogP contribution in [0.2, 0.25) is 0 Å². The lowest BCUT2D eigenvalue weighted by Gasteiger charge is -2.23. The Balaban J connectivity index is 3.05. The van der Waals surface area contributed by atoms with Gasteiger partial charge in [-0.25, -0.2) is 4.79 Å². The Labute approximate surface area is 123 Å². The Morgan fingerprint density at radius 2 is 1.90 bits per heavy atom. The van der Waals surface area contributed by atoms with E-state index in [1.54, 1.807) is 38.1 Å². The molecule has 0 saturated carbocycles. The lowest BCUT2D eigenvalue weighted by atomic mass is 10.2. The van der Waals surface area contributed by atoms with E-state index in [4.69, 9.17) is 14.0 Å². The third-order valence-corrected chi connectivity index (χ3v) is 4.31. The molecule has 0 aliphatic rings. The molecule has 7 nitrogen and oxygen atoms in total. The first-order valence-corrected chi connectivity index (χ1v) is 8.13. The monoisotopic (exact) mass is 317 g/mol. The Bertz CT molecular complexity index is 504. The number of hydrogen-bond donors (Lipinski definition) is 2. The highest BCUT2D eigenvalue weighted by Gasteiger charge is 2.35. The van der Waals surface area contributed by atoms with Gasteiger partial charge in [0.15, 0.2) is 5.78 Å². The lowest BCUT2D eigenvalue weighted by molar-refractivity contribution is 0.148. The van der Waals surface area contributed by atoms with Crippen molar-refractivity contribution in [2.45, 2.75) is 19.6 Å². The van der Waals surface area contributed by atoms with Gasteiger partial charge in [-0.1, -0.05) is 12.1 Å². The van der Waals surface area contributed by atoms with Gasteiger partial charge in [-0.3, -0.25) is 4.57 Å². The molecular weight excluding hydrogens is 297 g/mol. The second kappa shape index (κ2) is 8.02. The van der Waals surface area contributed by atoms with Crippen molar-refractivity contribution in [3.63, 3.8) is 0 Å². The van der Waals surface area contributed by atoms with Crippen LogP contribution >= 0.6 is 7.60 Å². The number of carbonyl (C=O) groups is 1. The fourth-order valence-electron chi connectivity index (χ4n) is 1.68. The largest absolute Gasteiger partial charge is 0.497 e. The number of ether oxygens (including phenoxy) is 2. The van der Waals surface area contributed by atoms with Crippen molar-refractivity contribution in [3.05, 3.63) is 29.8 Å². The quantitative estimate of drug-likeness (QED) is 0.751. The van der Waals surface area contributed by atoms with E-state index in [0.29, 0.717) is 11.3 Å². The molecule has 0 aliphatic heterocycles. The first-order valence-electron chi connectivity index (χ1n) is 6.48. The highest BCUT2D eigenvalue weighted by Crippen LogP contribution is 2.55. The van der Waals surface area contributed by atoms with Crippen LogP contribution in [0.15, 0.2) is 24.3 Å². The van der Waals surface area contributed by atoms with Crippen molar-refractivity contribution in [2.75, 3.05) is 20.3 Å². The Hall–Kier alpha value is -1.56.